The molecule has 1 aromatic carbocycles. The Balaban J connectivity index is 1.83. The van der Waals surface area contributed by atoms with Gasteiger partial charge in [-0.05, 0) is 57.2 Å². The third-order valence-corrected chi connectivity index (χ3v) is 10.4. The standard InChI is InChI=1S/C37H56N4O6S/c1-9-25(4)29(20-33(43)31-17-13-14-18-40(31)7)37(45)41(23-46-8)32(24(2)3)21-34(47-27(6)42)36-39-30(22-48-36)35(44)38-26(5)19-28-15-11-10-12-16-28/h10-12,15-16,22,24-26,29,31-32,34H,9,13-14,17-21,23H2,1-8H3,(H,38,44)/t25-,26+,29-,31+,32+,34+/m0/s1. The van der Waals surface area contributed by atoms with Crippen LogP contribution in [0.15, 0.2) is 35.7 Å². The van der Waals surface area contributed by atoms with Gasteiger partial charge < -0.3 is 19.7 Å². The highest BCUT2D eigenvalue weighted by Crippen LogP contribution is 2.33. The average molecular weight is 685 g/mol. The number of likely N-dealkylation sites (N-methyl/N-ethyl adjacent to an activating group) is 1. The van der Waals surface area contributed by atoms with Gasteiger partial charge in [0.2, 0.25) is 5.91 Å². The van der Waals surface area contributed by atoms with Gasteiger partial charge in [-0.3, -0.25) is 24.1 Å². The Bertz CT molecular complexity index is 1330. The fourth-order valence-corrected chi connectivity index (χ4v) is 7.40. The van der Waals surface area contributed by atoms with Crippen molar-refractivity contribution in [2.75, 3.05) is 27.4 Å². The molecule has 266 valence electrons. The number of nitrogens with zero attached hydrogens (tertiary/aromatic N) is 3. The summed E-state index contributed by atoms with van der Waals surface area (Å²) in [5, 5.41) is 5.17. The number of Topliss-reactive ketones (excluding diaryl/α,β-unsaturated/α-hetero) is 1. The third-order valence-electron chi connectivity index (χ3n) is 9.49. The molecular formula is C37H56N4O6S. The van der Waals surface area contributed by atoms with Gasteiger partial charge in [-0.25, -0.2) is 4.98 Å². The van der Waals surface area contributed by atoms with Crippen LogP contribution in [0.1, 0.15) is 107 Å². The molecule has 11 heteroatoms. The first-order valence-electron chi connectivity index (χ1n) is 17.4. The zero-order valence-corrected chi connectivity index (χ0v) is 30.9. The van der Waals surface area contributed by atoms with Gasteiger partial charge in [0.1, 0.15) is 17.4 Å². The molecule has 48 heavy (non-hydrogen) atoms. The van der Waals surface area contributed by atoms with Gasteiger partial charge in [0.15, 0.2) is 11.9 Å². The summed E-state index contributed by atoms with van der Waals surface area (Å²) < 4.78 is 11.4. The Morgan fingerprint density at radius 3 is 2.42 bits per heavy atom. The van der Waals surface area contributed by atoms with Crippen molar-refractivity contribution in [3.8, 4) is 0 Å². The number of hydrogen-bond acceptors (Lipinski definition) is 9. The molecule has 1 fully saturated rings. The Morgan fingerprint density at radius 1 is 1.10 bits per heavy atom. The number of likely N-dealkylation sites (tertiary alicyclic amines) is 1. The maximum absolute atomic E-state index is 14.5. The maximum Gasteiger partial charge on any atom is 0.303 e. The number of ketones is 1. The van der Waals surface area contributed by atoms with E-state index in [9.17, 15) is 19.2 Å². The van der Waals surface area contributed by atoms with Crippen LogP contribution < -0.4 is 5.32 Å². The van der Waals surface area contributed by atoms with Crippen molar-refractivity contribution in [1.82, 2.24) is 20.1 Å². The summed E-state index contributed by atoms with van der Waals surface area (Å²) in [6, 6.07) is 9.27. The molecule has 2 heterocycles. The van der Waals surface area contributed by atoms with Crippen molar-refractivity contribution in [2.24, 2.45) is 17.8 Å². The molecule has 2 amide bonds. The number of benzene rings is 1. The molecular weight excluding hydrogens is 628 g/mol. The first kappa shape index (κ1) is 39.3. The highest BCUT2D eigenvalue weighted by Gasteiger charge is 2.39. The maximum atomic E-state index is 14.5. The molecule has 6 atom stereocenters. The van der Waals surface area contributed by atoms with Crippen molar-refractivity contribution in [1.29, 1.82) is 0 Å². The molecule has 0 unspecified atom stereocenters. The lowest BCUT2D eigenvalue weighted by Gasteiger charge is -2.39. The third kappa shape index (κ3) is 11.2. The number of piperidine rings is 1. The van der Waals surface area contributed by atoms with E-state index in [0.717, 1.165) is 37.8 Å². The van der Waals surface area contributed by atoms with Gasteiger partial charge in [0.25, 0.3) is 5.91 Å². The van der Waals surface area contributed by atoms with E-state index < -0.39 is 24.0 Å². The van der Waals surface area contributed by atoms with Crippen LogP contribution in [0.4, 0.5) is 0 Å². The molecule has 2 aromatic rings. The number of carbonyl (C=O) groups excluding carboxylic acids is 4. The average Bonchev–Trinajstić information content (AvgIpc) is 3.55. The number of carbonyl (C=O) groups is 4. The molecule has 0 radical (unpaired) electrons. The lowest BCUT2D eigenvalue weighted by atomic mass is 9.82. The number of thiazole rings is 1. The van der Waals surface area contributed by atoms with Crippen LogP contribution in [-0.4, -0.2) is 83.9 Å². The second-order valence-corrected chi connectivity index (χ2v) is 14.6. The minimum Gasteiger partial charge on any atom is -0.455 e. The number of amides is 2. The summed E-state index contributed by atoms with van der Waals surface area (Å²) in [5.41, 5.74) is 1.37. The second kappa shape index (κ2) is 19.1. The van der Waals surface area contributed by atoms with Crippen LogP contribution in [0.3, 0.4) is 0 Å². The van der Waals surface area contributed by atoms with Gasteiger partial charge in [-0.15, -0.1) is 11.3 Å². The molecule has 0 bridgehead atoms. The summed E-state index contributed by atoms with van der Waals surface area (Å²) in [6.45, 7) is 12.3. The summed E-state index contributed by atoms with van der Waals surface area (Å²) >= 11 is 1.25. The Hall–Kier alpha value is -3.15. The van der Waals surface area contributed by atoms with Crippen LogP contribution in [-0.2, 0) is 30.3 Å². The molecule has 0 spiro atoms. The highest BCUT2D eigenvalue weighted by molar-refractivity contribution is 7.09. The Labute approximate surface area is 291 Å². The Morgan fingerprint density at radius 2 is 1.81 bits per heavy atom. The van der Waals surface area contributed by atoms with E-state index in [4.69, 9.17) is 9.47 Å². The molecule has 1 aromatic heterocycles. The van der Waals surface area contributed by atoms with Gasteiger partial charge in [-0.1, -0.05) is 70.9 Å². The minimum atomic E-state index is -0.782. The van der Waals surface area contributed by atoms with E-state index in [1.807, 2.05) is 72.0 Å². The number of esters is 1. The number of ether oxygens (including phenoxy) is 2. The van der Waals surface area contributed by atoms with Crippen LogP contribution in [0, 0.1) is 17.8 Å². The molecule has 10 nitrogen and oxygen atoms in total. The summed E-state index contributed by atoms with van der Waals surface area (Å²) in [6.07, 6.45) is 3.99. The Kier molecular flexibility index (Phi) is 15.7. The van der Waals surface area contributed by atoms with Gasteiger partial charge >= 0.3 is 5.97 Å². The van der Waals surface area contributed by atoms with Crippen LogP contribution in [0.2, 0.25) is 0 Å². The normalized spacial score (nSPS) is 18.4. The van der Waals surface area contributed by atoms with Crippen molar-refractivity contribution in [3.63, 3.8) is 0 Å². The fraction of sp³-hybridized carbons (Fsp3) is 0.649. The fourth-order valence-electron chi connectivity index (χ4n) is 6.56. The molecule has 0 saturated carbocycles. The van der Waals surface area contributed by atoms with Crippen molar-refractivity contribution in [3.05, 3.63) is 52.0 Å². The van der Waals surface area contributed by atoms with E-state index in [1.54, 1.807) is 17.4 Å². The minimum absolute atomic E-state index is 0.0175. The quantitative estimate of drug-likeness (QED) is 0.149. The van der Waals surface area contributed by atoms with Crippen LogP contribution in [0.5, 0.6) is 0 Å². The highest BCUT2D eigenvalue weighted by atomic mass is 32.1. The smallest absolute Gasteiger partial charge is 0.303 e. The number of aromatic nitrogens is 1. The predicted octanol–water partition coefficient (Wildman–Crippen LogP) is 6.06. The largest absolute Gasteiger partial charge is 0.455 e. The van der Waals surface area contributed by atoms with Crippen LogP contribution >= 0.6 is 11.3 Å². The zero-order valence-electron chi connectivity index (χ0n) is 30.1. The van der Waals surface area contributed by atoms with E-state index in [-0.39, 0.29) is 66.8 Å². The second-order valence-electron chi connectivity index (χ2n) is 13.7. The van der Waals surface area contributed by atoms with E-state index in [0.29, 0.717) is 11.4 Å². The number of methoxy groups -OCH3 is 1. The van der Waals surface area contributed by atoms with Crippen molar-refractivity contribution >= 4 is 34.9 Å². The molecule has 3 rings (SSSR count). The van der Waals surface area contributed by atoms with Gasteiger partial charge in [0, 0.05) is 50.3 Å². The summed E-state index contributed by atoms with van der Waals surface area (Å²) in [7, 11) is 3.54. The number of rotatable bonds is 18. The first-order chi connectivity index (χ1) is 22.9. The topological polar surface area (TPSA) is 118 Å². The van der Waals surface area contributed by atoms with Crippen molar-refractivity contribution < 1.29 is 28.7 Å². The van der Waals surface area contributed by atoms with E-state index in [2.05, 4.69) is 15.2 Å². The number of nitrogens with one attached hydrogen (secondary N) is 1. The molecule has 0 aliphatic carbocycles. The monoisotopic (exact) mass is 684 g/mol. The number of hydrogen-bond donors (Lipinski definition) is 1. The zero-order chi connectivity index (χ0) is 35.4. The van der Waals surface area contributed by atoms with Crippen molar-refractivity contribution in [2.45, 2.75) is 111 Å². The SMILES string of the molecule is CC[C@H](C)[C@H](CC(=O)[C@H]1CCCCN1C)C(=O)N(COC)[C@H](C[C@@H](OC(C)=O)c1nc(C(=O)N[C@H](C)Cc2ccccc2)cs1)C(C)C. The van der Waals surface area contributed by atoms with Gasteiger partial charge in [0.05, 0.1) is 6.04 Å². The summed E-state index contributed by atoms with van der Waals surface area (Å²) in [5.74, 6) is -1.37. The van der Waals surface area contributed by atoms with Crippen LogP contribution in [0.25, 0.3) is 0 Å². The first-order valence-corrected chi connectivity index (χ1v) is 18.2. The van der Waals surface area contributed by atoms with E-state index in [1.165, 1.54) is 18.3 Å². The van der Waals surface area contributed by atoms with Gasteiger partial charge in [-0.2, -0.15) is 0 Å². The lowest BCUT2D eigenvalue weighted by molar-refractivity contribution is -0.153. The summed E-state index contributed by atoms with van der Waals surface area (Å²) in [4.78, 5) is 61.9. The molecule has 1 aliphatic rings. The van der Waals surface area contributed by atoms with E-state index >= 15 is 0 Å². The molecule has 1 saturated heterocycles. The predicted molar refractivity (Wildman–Crippen MR) is 188 cm³/mol. The lowest BCUT2D eigenvalue weighted by Crippen LogP contribution is -2.50. The molecule has 1 N–H and O–H groups in total. The molecule has 1 aliphatic heterocycles.